The topological polar surface area (TPSA) is 41.6 Å². The second-order valence-electron chi connectivity index (χ2n) is 5.88. The molecule has 0 radical (unpaired) electrons. The summed E-state index contributed by atoms with van der Waals surface area (Å²) in [6.45, 7) is 3.64. The molecular formula is C19H22ClFN2O2. The van der Waals surface area contributed by atoms with Gasteiger partial charge in [0.2, 0.25) is 0 Å². The fourth-order valence-electron chi connectivity index (χ4n) is 2.97. The van der Waals surface area contributed by atoms with Crippen LogP contribution in [0.4, 0.5) is 4.39 Å². The van der Waals surface area contributed by atoms with Gasteiger partial charge in [-0.05, 0) is 36.8 Å². The van der Waals surface area contributed by atoms with Crippen molar-refractivity contribution in [1.29, 1.82) is 0 Å². The fourth-order valence-corrected chi connectivity index (χ4v) is 2.97. The molecule has 2 aromatic carbocycles. The van der Waals surface area contributed by atoms with Gasteiger partial charge >= 0.3 is 0 Å². The average molecular weight is 365 g/mol. The summed E-state index contributed by atoms with van der Waals surface area (Å²) >= 11 is 0. The number of carbonyl (C=O) groups is 1. The molecule has 0 aromatic heterocycles. The van der Waals surface area contributed by atoms with Crippen molar-refractivity contribution in [3.63, 3.8) is 0 Å². The average Bonchev–Trinajstić information content (AvgIpc) is 2.62. The van der Waals surface area contributed by atoms with Gasteiger partial charge in [-0.2, -0.15) is 0 Å². The molecular weight excluding hydrogens is 343 g/mol. The molecule has 1 fully saturated rings. The van der Waals surface area contributed by atoms with E-state index >= 15 is 0 Å². The Kier molecular flexibility index (Phi) is 6.79. The van der Waals surface area contributed by atoms with Crippen molar-refractivity contribution in [2.45, 2.75) is 19.1 Å². The minimum absolute atomic E-state index is 0. The number of amides is 1. The zero-order chi connectivity index (χ0) is 16.9. The number of halogens is 2. The van der Waals surface area contributed by atoms with Gasteiger partial charge in [-0.1, -0.05) is 30.3 Å². The number of nitrogens with one attached hydrogen (secondary N) is 1. The minimum atomic E-state index is -0.596. The van der Waals surface area contributed by atoms with Crippen molar-refractivity contribution in [2.24, 2.45) is 0 Å². The number of piperazine rings is 1. The summed E-state index contributed by atoms with van der Waals surface area (Å²) in [7, 11) is 0. The van der Waals surface area contributed by atoms with Crippen LogP contribution in [0.25, 0.3) is 0 Å². The molecule has 3 rings (SSSR count). The predicted octanol–water partition coefficient (Wildman–Crippen LogP) is 3.19. The van der Waals surface area contributed by atoms with E-state index in [0.717, 1.165) is 12.1 Å². The SMILES string of the molecule is CC(Oc1ccccc1)C(=O)N1CCNCC1c1cccc(F)c1.Cl. The Morgan fingerprint density at radius 3 is 2.72 bits per heavy atom. The summed E-state index contributed by atoms with van der Waals surface area (Å²) in [6.07, 6.45) is -0.596. The van der Waals surface area contributed by atoms with Crippen LogP contribution >= 0.6 is 12.4 Å². The van der Waals surface area contributed by atoms with Crippen LogP contribution in [0.15, 0.2) is 54.6 Å². The Hall–Kier alpha value is -2.11. The molecule has 1 N–H and O–H groups in total. The number of carbonyl (C=O) groups excluding carboxylic acids is 1. The van der Waals surface area contributed by atoms with Crippen LogP contribution in [0, 0.1) is 5.82 Å². The summed E-state index contributed by atoms with van der Waals surface area (Å²) in [5, 5.41) is 3.27. The molecule has 1 aliphatic rings. The Balaban J connectivity index is 0.00000225. The van der Waals surface area contributed by atoms with Crippen molar-refractivity contribution in [3.8, 4) is 5.75 Å². The van der Waals surface area contributed by atoms with E-state index in [1.165, 1.54) is 12.1 Å². The molecule has 0 spiro atoms. The largest absolute Gasteiger partial charge is 0.481 e. The maximum Gasteiger partial charge on any atom is 0.263 e. The molecule has 4 nitrogen and oxygen atoms in total. The van der Waals surface area contributed by atoms with Crippen molar-refractivity contribution in [1.82, 2.24) is 10.2 Å². The van der Waals surface area contributed by atoms with Gasteiger partial charge in [0.1, 0.15) is 11.6 Å². The third kappa shape index (κ3) is 4.71. The third-order valence-electron chi connectivity index (χ3n) is 4.16. The van der Waals surface area contributed by atoms with Crippen molar-refractivity contribution >= 4 is 18.3 Å². The predicted molar refractivity (Wildman–Crippen MR) is 97.5 cm³/mol. The number of ether oxygens (including phenoxy) is 1. The Morgan fingerprint density at radius 2 is 2.00 bits per heavy atom. The van der Waals surface area contributed by atoms with Crippen LogP contribution in [-0.4, -0.2) is 36.5 Å². The van der Waals surface area contributed by atoms with E-state index in [0.29, 0.717) is 18.8 Å². The van der Waals surface area contributed by atoms with Crippen LogP contribution in [-0.2, 0) is 4.79 Å². The van der Waals surface area contributed by atoms with E-state index < -0.39 is 6.10 Å². The number of nitrogens with zero attached hydrogens (tertiary/aromatic N) is 1. The standard InChI is InChI=1S/C19H21FN2O2.ClH/c1-14(24-17-8-3-2-4-9-17)19(23)22-11-10-21-13-18(22)15-6-5-7-16(20)12-15;/h2-9,12,14,18,21H,10-11,13H2,1H3;1H. The molecule has 1 saturated heterocycles. The van der Waals surface area contributed by atoms with Crippen molar-refractivity contribution in [3.05, 3.63) is 66.0 Å². The third-order valence-corrected chi connectivity index (χ3v) is 4.16. The summed E-state index contributed by atoms with van der Waals surface area (Å²) in [5.74, 6) is 0.282. The maximum atomic E-state index is 13.5. The highest BCUT2D eigenvalue weighted by molar-refractivity contribution is 5.85. The Bertz CT molecular complexity index is 699. The van der Waals surface area contributed by atoms with Crippen molar-refractivity contribution in [2.75, 3.05) is 19.6 Å². The lowest BCUT2D eigenvalue weighted by Crippen LogP contribution is -2.52. The molecule has 134 valence electrons. The van der Waals surface area contributed by atoms with Crippen LogP contribution in [0.5, 0.6) is 5.75 Å². The Labute approximate surface area is 153 Å². The highest BCUT2D eigenvalue weighted by Crippen LogP contribution is 2.24. The molecule has 1 amide bonds. The number of hydrogen-bond acceptors (Lipinski definition) is 3. The lowest BCUT2D eigenvalue weighted by atomic mass is 10.0. The summed E-state index contributed by atoms with van der Waals surface area (Å²) in [6, 6.07) is 15.5. The lowest BCUT2D eigenvalue weighted by Gasteiger charge is -2.38. The summed E-state index contributed by atoms with van der Waals surface area (Å²) in [4.78, 5) is 14.6. The van der Waals surface area contributed by atoms with E-state index in [1.807, 2.05) is 36.4 Å². The van der Waals surface area contributed by atoms with E-state index in [9.17, 15) is 9.18 Å². The van der Waals surface area contributed by atoms with Gasteiger partial charge < -0.3 is 15.0 Å². The van der Waals surface area contributed by atoms with Crippen LogP contribution in [0.3, 0.4) is 0 Å². The van der Waals surface area contributed by atoms with E-state index in [4.69, 9.17) is 4.74 Å². The van der Waals surface area contributed by atoms with Crippen LogP contribution < -0.4 is 10.1 Å². The normalized spacial score (nSPS) is 18.2. The fraction of sp³-hybridized carbons (Fsp3) is 0.316. The molecule has 1 aliphatic heterocycles. The first-order chi connectivity index (χ1) is 11.6. The number of para-hydroxylation sites is 1. The minimum Gasteiger partial charge on any atom is -0.481 e. The van der Waals surface area contributed by atoms with Gasteiger partial charge in [-0.25, -0.2) is 4.39 Å². The van der Waals surface area contributed by atoms with Gasteiger partial charge in [0.25, 0.3) is 5.91 Å². The van der Waals surface area contributed by atoms with Gasteiger partial charge in [0, 0.05) is 19.6 Å². The monoisotopic (exact) mass is 364 g/mol. The number of hydrogen-bond donors (Lipinski definition) is 1. The van der Waals surface area contributed by atoms with E-state index in [1.54, 1.807) is 17.9 Å². The smallest absolute Gasteiger partial charge is 0.263 e. The second-order valence-corrected chi connectivity index (χ2v) is 5.88. The van der Waals surface area contributed by atoms with Gasteiger partial charge in [0.05, 0.1) is 6.04 Å². The van der Waals surface area contributed by atoms with Crippen LogP contribution in [0.1, 0.15) is 18.5 Å². The first kappa shape index (κ1) is 19.2. The molecule has 1 heterocycles. The molecule has 6 heteroatoms. The Morgan fingerprint density at radius 1 is 1.24 bits per heavy atom. The first-order valence-corrected chi connectivity index (χ1v) is 8.13. The zero-order valence-electron chi connectivity index (χ0n) is 14.0. The highest BCUT2D eigenvalue weighted by Gasteiger charge is 2.31. The zero-order valence-corrected chi connectivity index (χ0v) is 14.8. The summed E-state index contributed by atoms with van der Waals surface area (Å²) in [5.41, 5.74) is 0.794. The van der Waals surface area contributed by atoms with Gasteiger partial charge in [-0.3, -0.25) is 4.79 Å². The molecule has 0 saturated carbocycles. The molecule has 0 aliphatic carbocycles. The second kappa shape index (κ2) is 8.83. The number of rotatable bonds is 4. The first-order valence-electron chi connectivity index (χ1n) is 8.13. The molecule has 2 atom stereocenters. The lowest BCUT2D eigenvalue weighted by molar-refractivity contribution is -0.141. The molecule has 0 bridgehead atoms. The molecule has 2 aromatic rings. The number of benzene rings is 2. The van der Waals surface area contributed by atoms with E-state index in [-0.39, 0.29) is 30.2 Å². The van der Waals surface area contributed by atoms with Gasteiger partial charge in [-0.15, -0.1) is 12.4 Å². The van der Waals surface area contributed by atoms with Crippen LogP contribution in [0.2, 0.25) is 0 Å². The van der Waals surface area contributed by atoms with Gasteiger partial charge in [0.15, 0.2) is 6.10 Å². The quantitative estimate of drug-likeness (QED) is 0.906. The maximum absolute atomic E-state index is 13.5. The highest BCUT2D eigenvalue weighted by atomic mass is 35.5. The molecule has 25 heavy (non-hydrogen) atoms. The van der Waals surface area contributed by atoms with E-state index in [2.05, 4.69) is 5.32 Å². The van der Waals surface area contributed by atoms with Crippen molar-refractivity contribution < 1.29 is 13.9 Å². The summed E-state index contributed by atoms with van der Waals surface area (Å²) < 4.78 is 19.3. The molecule has 2 unspecified atom stereocenters.